The molecule has 0 saturated heterocycles. The summed E-state index contributed by atoms with van der Waals surface area (Å²) in [7, 11) is 1.89. The van der Waals surface area contributed by atoms with Gasteiger partial charge in [0.05, 0.1) is 6.20 Å². The van der Waals surface area contributed by atoms with Crippen LogP contribution in [-0.4, -0.2) is 19.7 Å². The third-order valence-electron chi connectivity index (χ3n) is 2.50. The van der Waals surface area contributed by atoms with Crippen molar-refractivity contribution in [3.05, 3.63) is 29.8 Å². The minimum Gasteiger partial charge on any atom is -0.384 e. The Labute approximate surface area is 106 Å². The molecule has 0 saturated carbocycles. The van der Waals surface area contributed by atoms with E-state index in [1.165, 1.54) is 0 Å². The Balaban J connectivity index is 2.04. The van der Waals surface area contributed by atoms with E-state index in [2.05, 4.69) is 27.3 Å². The van der Waals surface area contributed by atoms with Crippen LogP contribution in [0, 0.1) is 0 Å². The predicted octanol–water partition coefficient (Wildman–Crippen LogP) is 1.36. The lowest BCUT2D eigenvalue weighted by Crippen LogP contribution is -2.06. The maximum atomic E-state index is 5.76. The smallest absolute Gasteiger partial charge is 0.133 e. The number of aryl methyl sites for hydroxylation is 2. The number of nitrogens with two attached hydrogens (primary N) is 1. The van der Waals surface area contributed by atoms with Gasteiger partial charge in [-0.3, -0.25) is 4.68 Å². The minimum absolute atomic E-state index is 0.502. The summed E-state index contributed by atoms with van der Waals surface area (Å²) in [4.78, 5) is 8.61. The molecule has 0 bridgehead atoms. The summed E-state index contributed by atoms with van der Waals surface area (Å²) in [6.45, 7) is 2.77. The Morgan fingerprint density at radius 2 is 2.22 bits per heavy atom. The van der Waals surface area contributed by atoms with Gasteiger partial charge in [-0.1, -0.05) is 6.92 Å². The summed E-state index contributed by atoms with van der Waals surface area (Å²) < 4.78 is 1.77. The summed E-state index contributed by atoms with van der Waals surface area (Å²) in [5.74, 6) is 2.04. The minimum atomic E-state index is 0.502. The van der Waals surface area contributed by atoms with E-state index < -0.39 is 0 Å². The number of nitrogen functional groups attached to an aromatic ring is 1. The molecule has 6 heteroatoms. The Morgan fingerprint density at radius 1 is 1.39 bits per heavy atom. The summed E-state index contributed by atoms with van der Waals surface area (Å²) in [5.41, 5.74) is 6.86. The monoisotopic (exact) mass is 246 g/mol. The zero-order valence-electron chi connectivity index (χ0n) is 10.7. The standard InChI is InChI=1S/C12H18N6/c1-3-4-11-16-10(13)5-12(17-11)14-6-9-7-15-18(2)8-9/h5,7-8H,3-4,6H2,1-2H3,(H3,13,14,16,17). The highest BCUT2D eigenvalue weighted by Gasteiger charge is 2.02. The van der Waals surface area contributed by atoms with Crippen molar-refractivity contribution in [2.75, 3.05) is 11.1 Å². The first-order valence-corrected chi connectivity index (χ1v) is 6.02. The van der Waals surface area contributed by atoms with Gasteiger partial charge in [0.1, 0.15) is 17.5 Å². The largest absolute Gasteiger partial charge is 0.384 e. The first-order valence-electron chi connectivity index (χ1n) is 6.02. The lowest BCUT2D eigenvalue weighted by Gasteiger charge is -2.06. The average Bonchev–Trinajstić information content (AvgIpc) is 2.72. The zero-order valence-corrected chi connectivity index (χ0v) is 10.7. The van der Waals surface area contributed by atoms with Gasteiger partial charge in [-0.15, -0.1) is 0 Å². The number of anilines is 2. The second kappa shape index (κ2) is 5.48. The van der Waals surface area contributed by atoms with Crippen LogP contribution in [0.2, 0.25) is 0 Å². The number of hydrogen-bond donors (Lipinski definition) is 2. The first-order chi connectivity index (χ1) is 8.67. The Hall–Kier alpha value is -2.11. The number of nitrogens with one attached hydrogen (secondary N) is 1. The molecule has 0 amide bonds. The van der Waals surface area contributed by atoms with Crippen molar-refractivity contribution < 1.29 is 0 Å². The van der Waals surface area contributed by atoms with Crippen molar-refractivity contribution >= 4 is 11.6 Å². The molecule has 0 unspecified atom stereocenters. The van der Waals surface area contributed by atoms with E-state index >= 15 is 0 Å². The lowest BCUT2D eigenvalue weighted by molar-refractivity contribution is 0.767. The van der Waals surface area contributed by atoms with E-state index in [4.69, 9.17) is 5.73 Å². The summed E-state index contributed by atoms with van der Waals surface area (Å²) >= 11 is 0. The molecule has 18 heavy (non-hydrogen) atoms. The Kier molecular flexibility index (Phi) is 3.76. The highest BCUT2D eigenvalue weighted by Crippen LogP contribution is 2.11. The highest BCUT2D eigenvalue weighted by atomic mass is 15.2. The van der Waals surface area contributed by atoms with Crippen LogP contribution in [0.15, 0.2) is 18.5 Å². The zero-order chi connectivity index (χ0) is 13.0. The van der Waals surface area contributed by atoms with Crippen molar-refractivity contribution in [2.45, 2.75) is 26.3 Å². The second-order valence-electron chi connectivity index (χ2n) is 4.22. The number of hydrogen-bond acceptors (Lipinski definition) is 5. The second-order valence-corrected chi connectivity index (χ2v) is 4.22. The summed E-state index contributed by atoms with van der Waals surface area (Å²) in [6, 6.07) is 1.75. The van der Waals surface area contributed by atoms with E-state index in [0.717, 1.165) is 30.0 Å². The summed E-state index contributed by atoms with van der Waals surface area (Å²) in [6.07, 6.45) is 5.63. The van der Waals surface area contributed by atoms with E-state index in [-0.39, 0.29) is 0 Å². The molecule has 0 aliphatic rings. The lowest BCUT2D eigenvalue weighted by atomic mass is 10.3. The molecule has 0 aromatic carbocycles. The van der Waals surface area contributed by atoms with Gasteiger partial charge in [0.25, 0.3) is 0 Å². The molecule has 0 aliphatic carbocycles. The normalized spacial score (nSPS) is 10.6. The van der Waals surface area contributed by atoms with Crippen molar-refractivity contribution in [2.24, 2.45) is 7.05 Å². The molecular weight excluding hydrogens is 228 g/mol. The molecule has 3 N–H and O–H groups in total. The van der Waals surface area contributed by atoms with Gasteiger partial charge in [0, 0.05) is 37.8 Å². The maximum Gasteiger partial charge on any atom is 0.133 e. The quantitative estimate of drug-likeness (QED) is 0.832. The van der Waals surface area contributed by atoms with Crippen molar-refractivity contribution in [1.82, 2.24) is 19.7 Å². The molecular formula is C12H18N6. The maximum absolute atomic E-state index is 5.76. The van der Waals surface area contributed by atoms with Gasteiger partial charge in [-0.25, -0.2) is 9.97 Å². The highest BCUT2D eigenvalue weighted by molar-refractivity contribution is 5.44. The van der Waals surface area contributed by atoms with E-state index in [0.29, 0.717) is 12.4 Å². The average molecular weight is 246 g/mol. The molecule has 0 aliphatic heterocycles. The Morgan fingerprint density at radius 3 is 2.89 bits per heavy atom. The summed E-state index contributed by atoms with van der Waals surface area (Å²) in [5, 5.41) is 7.34. The topological polar surface area (TPSA) is 81.6 Å². The van der Waals surface area contributed by atoms with Crippen molar-refractivity contribution in [3.8, 4) is 0 Å². The predicted molar refractivity (Wildman–Crippen MR) is 71.0 cm³/mol. The SMILES string of the molecule is CCCc1nc(N)cc(NCc2cnn(C)c2)n1. The third kappa shape index (κ3) is 3.19. The fourth-order valence-corrected chi connectivity index (χ4v) is 1.70. The molecule has 0 spiro atoms. The van der Waals surface area contributed by atoms with Crippen LogP contribution in [0.5, 0.6) is 0 Å². The van der Waals surface area contributed by atoms with Crippen LogP contribution in [0.25, 0.3) is 0 Å². The molecule has 6 nitrogen and oxygen atoms in total. The number of aromatic nitrogens is 4. The molecule has 96 valence electrons. The Bertz CT molecular complexity index is 519. The first kappa shape index (κ1) is 12.3. The van der Waals surface area contributed by atoms with Gasteiger partial charge in [-0.05, 0) is 6.42 Å². The molecule has 0 fully saturated rings. The van der Waals surface area contributed by atoms with Gasteiger partial charge >= 0.3 is 0 Å². The van der Waals surface area contributed by atoms with Crippen LogP contribution in [-0.2, 0) is 20.0 Å². The van der Waals surface area contributed by atoms with E-state index in [1.54, 1.807) is 10.7 Å². The molecule has 2 heterocycles. The fraction of sp³-hybridized carbons (Fsp3) is 0.417. The van der Waals surface area contributed by atoms with Crippen LogP contribution in [0.3, 0.4) is 0 Å². The van der Waals surface area contributed by atoms with Crippen LogP contribution in [0.1, 0.15) is 24.7 Å². The number of rotatable bonds is 5. The fourth-order valence-electron chi connectivity index (χ4n) is 1.70. The van der Waals surface area contributed by atoms with Crippen LogP contribution < -0.4 is 11.1 Å². The van der Waals surface area contributed by atoms with E-state index in [9.17, 15) is 0 Å². The van der Waals surface area contributed by atoms with Crippen LogP contribution >= 0.6 is 0 Å². The molecule has 0 radical (unpaired) electrons. The number of nitrogens with zero attached hydrogens (tertiary/aromatic N) is 4. The molecule has 2 aromatic rings. The van der Waals surface area contributed by atoms with Gasteiger partial charge in [0.2, 0.25) is 0 Å². The van der Waals surface area contributed by atoms with Crippen molar-refractivity contribution in [1.29, 1.82) is 0 Å². The molecule has 2 rings (SSSR count). The molecule has 2 aromatic heterocycles. The van der Waals surface area contributed by atoms with E-state index in [1.807, 2.05) is 19.4 Å². The third-order valence-corrected chi connectivity index (χ3v) is 2.50. The van der Waals surface area contributed by atoms with Gasteiger partial charge in [0.15, 0.2) is 0 Å². The van der Waals surface area contributed by atoms with Crippen molar-refractivity contribution in [3.63, 3.8) is 0 Å². The van der Waals surface area contributed by atoms with Gasteiger partial charge in [-0.2, -0.15) is 5.10 Å². The van der Waals surface area contributed by atoms with Gasteiger partial charge < -0.3 is 11.1 Å². The molecule has 0 atom stereocenters. The van der Waals surface area contributed by atoms with Crippen LogP contribution in [0.4, 0.5) is 11.6 Å².